The lowest BCUT2D eigenvalue weighted by atomic mass is 10.1. The molecule has 0 aliphatic rings. The Kier molecular flexibility index (Phi) is 4.72. The van der Waals surface area contributed by atoms with Crippen molar-refractivity contribution in [3.05, 3.63) is 72.2 Å². The zero-order valence-corrected chi connectivity index (χ0v) is 15.8. The van der Waals surface area contributed by atoms with Gasteiger partial charge in [0.1, 0.15) is 5.82 Å². The molecule has 28 heavy (non-hydrogen) atoms. The number of fused-ring (bicyclic) bond motifs is 1. The molecule has 0 amide bonds. The summed E-state index contributed by atoms with van der Waals surface area (Å²) >= 11 is 0. The summed E-state index contributed by atoms with van der Waals surface area (Å²) in [6, 6.07) is 16.0. The van der Waals surface area contributed by atoms with Crippen LogP contribution in [0.4, 0.5) is 23.3 Å². The third-order valence-corrected chi connectivity index (χ3v) is 4.48. The molecule has 0 aliphatic carbocycles. The van der Waals surface area contributed by atoms with Crippen LogP contribution in [0.1, 0.15) is 11.3 Å². The van der Waals surface area contributed by atoms with Crippen molar-refractivity contribution >= 4 is 34.2 Å². The van der Waals surface area contributed by atoms with Gasteiger partial charge in [0.05, 0.1) is 11.7 Å². The second-order valence-electron chi connectivity index (χ2n) is 6.54. The molecule has 3 aromatic heterocycles. The molecule has 0 atom stereocenters. The van der Waals surface area contributed by atoms with Crippen LogP contribution >= 0.6 is 0 Å². The van der Waals surface area contributed by atoms with E-state index < -0.39 is 0 Å². The van der Waals surface area contributed by atoms with Crippen molar-refractivity contribution in [2.75, 3.05) is 23.0 Å². The lowest BCUT2D eigenvalue weighted by Crippen LogP contribution is -2.15. The van der Waals surface area contributed by atoms with Crippen LogP contribution in [-0.2, 0) is 6.54 Å². The number of aromatic nitrogens is 4. The molecular formula is C21H21N7. The van der Waals surface area contributed by atoms with E-state index in [0.717, 1.165) is 28.0 Å². The lowest BCUT2D eigenvalue weighted by Gasteiger charge is -2.18. The highest BCUT2D eigenvalue weighted by molar-refractivity contribution is 5.79. The zero-order valence-electron chi connectivity index (χ0n) is 15.8. The molecule has 7 nitrogen and oxygen atoms in total. The third kappa shape index (κ3) is 3.68. The molecule has 7 heteroatoms. The standard InChI is InChI=1S/C21H21N7/c1-14-5-3-7-18(26-14)28(2)19-13-24-20(22)21(27-19)25-12-15-8-9-17-16(11-15)6-4-10-23-17/h3-11,13H,12H2,1-2H3,(H2,22,24)(H,25,27). The van der Waals surface area contributed by atoms with Crippen molar-refractivity contribution in [2.45, 2.75) is 13.5 Å². The van der Waals surface area contributed by atoms with E-state index in [2.05, 4.69) is 31.3 Å². The second kappa shape index (κ2) is 7.48. The van der Waals surface area contributed by atoms with Crippen LogP contribution < -0.4 is 16.0 Å². The van der Waals surface area contributed by atoms with Gasteiger partial charge in [0.15, 0.2) is 17.5 Å². The highest BCUT2D eigenvalue weighted by Crippen LogP contribution is 2.23. The van der Waals surface area contributed by atoms with Crippen LogP contribution in [0.2, 0.25) is 0 Å². The van der Waals surface area contributed by atoms with Crippen LogP contribution in [-0.4, -0.2) is 27.0 Å². The van der Waals surface area contributed by atoms with Crippen LogP contribution in [0.5, 0.6) is 0 Å². The van der Waals surface area contributed by atoms with E-state index in [4.69, 9.17) is 5.73 Å². The van der Waals surface area contributed by atoms with E-state index >= 15 is 0 Å². The predicted molar refractivity (Wildman–Crippen MR) is 113 cm³/mol. The molecule has 0 radical (unpaired) electrons. The van der Waals surface area contributed by atoms with Crippen molar-refractivity contribution < 1.29 is 0 Å². The number of hydrogen-bond acceptors (Lipinski definition) is 7. The maximum absolute atomic E-state index is 6.03. The Balaban J connectivity index is 1.55. The van der Waals surface area contributed by atoms with Crippen molar-refractivity contribution in [3.63, 3.8) is 0 Å². The van der Waals surface area contributed by atoms with Gasteiger partial charge in [-0.15, -0.1) is 0 Å². The predicted octanol–water partition coefficient (Wildman–Crippen LogP) is 3.69. The van der Waals surface area contributed by atoms with Crippen LogP contribution in [0.3, 0.4) is 0 Å². The summed E-state index contributed by atoms with van der Waals surface area (Å²) in [5, 5.41) is 4.38. The minimum absolute atomic E-state index is 0.358. The number of nitrogens with two attached hydrogens (primary N) is 1. The number of pyridine rings is 2. The number of benzene rings is 1. The highest BCUT2D eigenvalue weighted by Gasteiger charge is 2.11. The van der Waals surface area contributed by atoms with Gasteiger partial charge in [0.2, 0.25) is 0 Å². The van der Waals surface area contributed by atoms with E-state index in [0.29, 0.717) is 24.0 Å². The Morgan fingerprint density at radius 3 is 2.75 bits per heavy atom. The first-order valence-electron chi connectivity index (χ1n) is 8.97. The van der Waals surface area contributed by atoms with Crippen molar-refractivity contribution in [2.24, 2.45) is 0 Å². The first kappa shape index (κ1) is 17.7. The molecule has 0 saturated carbocycles. The van der Waals surface area contributed by atoms with Gasteiger partial charge < -0.3 is 16.0 Å². The summed E-state index contributed by atoms with van der Waals surface area (Å²) in [6.45, 7) is 2.54. The van der Waals surface area contributed by atoms with Crippen molar-refractivity contribution in [3.8, 4) is 0 Å². The van der Waals surface area contributed by atoms with Crippen molar-refractivity contribution in [1.82, 2.24) is 19.9 Å². The summed E-state index contributed by atoms with van der Waals surface area (Å²) in [6.07, 6.45) is 3.44. The molecule has 0 aliphatic heterocycles. The zero-order chi connectivity index (χ0) is 19.5. The van der Waals surface area contributed by atoms with Crippen molar-refractivity contribution in [1.29, 1.82) is 0 Å². The monoisotopic (exact) mass is 371 g/mol. The molecule has 0 spiro atoms. The maximum Gasteiger partial charge on any atom is 0.171 e. The smallest absolute Gasteiger partial charge is 0.171 e. The number of rotatable bonds is 5. The second-order valence-corrected chi connectivity index (χ2v) is 6.54. The largest absolute Gasteiger partial charge is 0.381 e. The molecular weight excluding hydrogens is 350 g/mol. The van der Waals surface area contributed by atoms with Gasteiger partial charge in [-0.3, -0.25) is 4.98 Å². The number of hydrogen-bond donors (Lipinski definition) is 2. The molecule has 0 fully saturated rings. The van der Waals surface area contributed by atoms with Crippen LogP contribution in [0.25, 0.3) is 10.9 Å². The molecule has 1 aromatic carbocycles. The first-order valence-corrected chi connectivity index (χ1v) is 8.97. The van der Waals surface area contributed by atoms with Gasteiger partial charge in [0, 0.05) is 30.9 Å². The topological polar surface area (TPSA) is 92.9 Å². The number of anilines is 4. The SMILES string of the molecule is Cc1cccc(N(C)c2cnc(N)c(NCc3ccc4ncccc4c3)n2)n1. The Bertz CT molecular complexity index is 1130. The van der Waals surface area contributed by atoms with Gasteiger partial charge in [-0.25, -0.2) is 15.0 Å². The van der Waals surface area contributed by atoms with Gasteiger partial charge in [-0.05, 0) is 42.8 Å². The fourth-order valence-electron chi connectivity index (χ4n) is 2.93. The lowest BCUT2D eigenvalue weighted by molar-refractivity contribution is 1.02. The number of nitrogen functional groups attached to an aromatic ring is 1. The molecule has 4 aromatic rings. The fraction of sp³-hybridized carbons (Fsp3) is 0.143. The van der Waals surface area contributed by atoms with Gasteiger partial charge in [0.25, 0.3) is 0 Å². The molecule has 4 rings (SSSR count). The van der Waals surface area contributed by atoms with Crippen LogP contribution in [0, 0.1) is 6.92 Å². The number of nitrogens with zero attached hydrogens (tertiary/aromatic N) is 5. The van der Waals surface area contributed by atoms with E-state index in [1.54, 1.807) is 12.4 Å². The highest BCUT2D eigenvalue weighted by atomic mass is 15.2. The Morgan fingerprint density at radius 2 is 1.89 bits per heavy atom. The first-order chi connectivity index (χ1) is 13.6. The quantitative estimate of drug-likeness (QED) is 0.552. The molecule has 0 unspecified atom stereocenters. The van der Waals surface area contributed by atoms with Gasteiger partial charge >= 0.3 is 0 Å². The minimum atomic E-state index is 0.358. The third-order valence-electron chi connectivity index (χ3n) is 4.48. The average Bonchev–Trinajstić information content (AvgIpc) is 2.72. The Labute approximate surface area is 163 Å². The Hall–Kier alpha value is -3.74. The molecule has 3 N–H and O–H groups in total. The van der Waals surface area contributed by atoms with Crippen LogP contribution in [0.15, 0.2) is 60.9 Å². The average molecular weight is 371 g/mol. The summed E-state index contributed by atoms with van der Waals surface area (Å²) in [5.41, 5.74) is 9.05. The van der Waals surface area contributed by atoms with Gasteiger partial charge in [-0.2, -0.15) is 0 Å². The normalized spacial score (nSPS) is 10.8. The molecule has 0 bridgehead atoms. The minimum Gasteiger partial charge on any atom is -0.381 e. The molecule has 140 valence electrons. The maximum atomic E-state index is 6.03. The van der Waals surface area contributed by atoms with Gasteiger partial charge in [-0.1, -0.05) is 18.2 Å². The summed E-state index contributed by atoms with van der Waals surface area (Å²) in [5.74, 6) is 2.37. The summed E-state index contributed by atoms with van der Waals surface area (Å²) in [7, 11) is 1.90. The number of nitrogens with one attached hydrogen (secondary N) is 1. The van der Waals surface area contributed by atoms with E-state index in [1.807, 2.05) is 61.3 Å². The summed E-state index contributed by atoms with van der Waals surface area (Å²) < 4.78 is 0. The van der Waals surface area contributed by atoms with E-state index in [9.17, 15) is 0 Å². The summed E-state index contributed by atoms with van der Waals surface area (Å²) in [4.78, 5) is 19.7. The molecule has 3 heterocycles. The van der Waals surface area contributed by atoms with E-state index in [1.165, 1.54) is 0 Å². The molecule has 0 saturated heterocycles. The Morgan fingerprint density at radius 1 is 1.00 bits per heavy atom. The fourth-order valence-corrected chi connectivity index (χ4v) is 2.93. The van der Waals surface area contributed by atoms with E-state index in [-0.39, 0.29) is 0 Å². The number of aryl methyl sites for hydroxylation is 1.